The third-order valence-electron chi connectivity index (χ3n) is 5.91. The van der Waals surface area contributed by atoms with Crippen LogP contribution in [0.3, 0.4) is 0 Å². The lowest BCUT2D eigenvalue weighted by atomic mass is 10.2. The Hall–Kier alpha value is -1.49. The van der Waals surface area contributed by atoms with Crippen LogP contribution in [0.2, 0.25) is 0 Å². The van der Waals surface area contributed by atoms with E-state index in [1.54, 1.807) is 0 Å². The second kappa shape index (κ2) is 6.43. The maximum atomic E-state index is 12.4. The van der Waals surface area contributed by atoms with Crippen molar-refractivity contribution in [2.75, 3.05) is 13.1 Å². The van der Waals surface area contributed by atoms with E-state index in [1.165, 1.54) is 25.7 Å². The van der Waals surface area contributed by atoms with Crippen molar-refractivity contribution >= 4 is 5.91 Å². The number of carbonyl (C=O) groups excluding carboxylic acids is 1. The quantitative estimate of drug-likeness (QED) is 0.901. The van der Waals surface area contributed by atoms with E-state index in [0.717, 1.165) is 31.2 Å². The van der Waals surface area contributed by atoms with Gasteiger partial charge in [-0.1, -0.05) is 26.7 Å². The average molecular weight is 328 g/mol. The van der Waals surface area contributed by atoms with Crippen molar-refractivity contribution in [3.05, 3.63) is 23.8 Å². The molecule has 0 aromatic carbocycles. The lowest BCUT2D eigenvalue weighted by Crippen LogP contribution is -2.36. The number of amides is 1. The van der Waals surface area contributed by atoms with Crippen molar-refractivity contribution < 1.29 is 4.79 Å². The highest BCUT2D eigenvalue weighted by molar-refractivity contribution is 5.82. The van der Waals surface area contributed by atoms with Gasteiger partial charge in [0.05, 0.1) is 5.69 Å². The highest BCUT2D eigenvalue weighted by Gasteiger charge is 2.59. The van der Waals surface area contributed by atoms with E-state index in [9.17, 15) is 4.79 Å². The van der Waals surface area contributed by atoms with Crippen LogP contribution in [0.25, 0.3) is 0 Å². The molecule has 0 bridgehead atoms. The topological polar surface area (TPSA) is 58.1 Å². The number of nitrogens with zero attached hydrogens (tertiary/aromatic N) is 3. The Morgan fingerprint density at radius 2 is 2.00 bits per heavy atom. The van der Waals surface area contributed by atoms with Crippen molar-refractivity contribution in [2.24, 2.45) is 17.8 Å². The van der Waals surface area contributed by atoms with Gasteiger partial charge in [0.15, 0.2) is 0 Å². The molecule has 4 rings (SSSR count). The summed E-state index contributed by atoms with van der Waals surface area (Å²) in [7, 11) is 0. The molecular formula is C19H28N4O. The molecule has 1 aromatic rings. The molecule has 24 heavy (non-hydrogen) atoms. The highest BCUT2D eigenvalue weighted by atomic mass is 16.2. The first-order valence-corrected chi connectivity index (χ1v) is 9.46. The maximum absolute atomic E-state index is 12.4. The zero-order valence-electron chi connectivity index (χ0n) is 14.7. The molecule has 0 spiro atoms. The van der Waals surface area contributed by atoms with E-state index in [2.05, 4.69) is 34.0 Å². The van der Waals surface area contributed by atoms with Crippen LogP contribution in [-0.4, -0.2) is 39.9 Å². The summed E-state index contributed by atoms with van der Waals surface area (Å²) in [4.78, 5) is 23.9. The fourth-order valence-corrected chi connectivity index (χ4v) is 4.51. The largest absolute Gasteiger partial charge is 0.353 e. The van der Waals surface area contributed by atoms with Crippen LogP contribution in [0.1, 0.15) is 57.0 Å². The zero-order valence-corrected chi connectivity index (χ0v) is 14.7. The van der Waals surface area contributed by atoms with Gasteiger partial charge < -0.3 is 5.32 Å². The van der Waals surface area contributed by atoms with Crippen LogP contribution < -0.4 is 5.32 Å². The average Bonchev–Trinajstić information content (AvgIpc) is 2.93. The summed E-state index contributed by atoms with van der Waals surface area (Å²) >= 11 is 0. The smallest absolute Gasteiger partial charge is 0.224 e. The van der Waals surface area contributed by atoms with Crippen molar-refractivity contribution in [3.8, 4) is 0 Å². The predicted molar refractivity (Wildman–Crippen MR) is 92.3 cm³/mol. The summed E-state index contributed by atoms with van der Waals surface area (Å²) < 4.78 is 0. The molecule has 1 saturated heterocycles. The highest BCUT2D eigenvalue weighted by Crippen LogP contribution is 2.52. The van der Waals surface area contributed by atoms with Crippen LogP contribution in [0, 0.1) is 17.8 Å². The molecule has 1 aromatic heterocycles. The summed E-state index contributed by atoms with van der Waals surface area (Å²) in [5, 5.41) is 3.28. The van der Waals surface area contributed by atoms with Gasteiger partial charge in [-0.25, -0.2) is 9.97 Å². The van der Waals surface area contributed by atoms with Crippen molar-refractivity contribution in [1.82, 2.24) is 20.2 Å². The molecule has 3 atom stereocenters. The second-order valence-electron chi connectivity index (χ2n) is 8.10. The van der Waals surface area contributed by atoms with Gasteiger partial charge in [0, 0.05) is 43.7 Å². The fraction of sp³-hybridized carbons (Fsp3) is 0.737. The molecule has 130 valence electrons. The molecular weight excluding hydrogens is 300 g/mol. The van der Waals surface area contributed by atoms with E-state index < -0.39 is 0 Å². The van der Waals surface area contributed by atoms with Crippen molar-refractivity contribution in [1.29, 1.82) is 0 Å². The van der Waals surface area contributed by atoms with E-state index in [-0.39, 0.29) is 5.92 Å². The summed E-state index contributed by atoms with van der Waals surface area (Å²) in [6, 6.07) is 2.46. The number of fused-ring (bicyclic) bond motifs is 1. The van der Waals surface area contributed by atoms with Gasteiger partial charge in [0.2, 0.25) is 5.91 Å². The summed E-state index contributed by atoms with van der Waals surface area (Å²) in [5.41, 5.74) is 1.10. The Morgan fingerprint density at radius 3 is 2.67 bits per heavy atom. The summed E-state index contributed by atoms with van der Waals surface area (Å²) in [6.45, 7) is 7.20. The Kier molecular flexibility index (Phi) is 4.29. The van der Waals surface area contributed by atoms with Crippen LogP contribution in [0.15, 0.2) is 12.3 Å². The molecule has 1 N–H and O–H groups in total. The number of carbonyl (C=O) groups is 1. The fourth-order valence-electron chi connectivity index (χ4n) is 4.51. The molecule has 1 amide bonds. The lowest BCUT2D eigenvalue weighted by molar-refractivity contribution is -0.123. The van der Waals surface area contributed by atoms with Crippen LogP contribution in [0.4, 0.5) is 0 Å². The van der Waals surface area contributed by atoms with E-state index in [0.29, 0.717) is 29.7 Å². The Bertz CT molecular complexity index is 599. The second-order valence-corrected chi connectivity index (χ2v) is 8.10. The van der Waals surface area contributed by atoms with Gasteiger partial charge in [0.25, 0.3) is 0 Å². The maximum Gasteiger partial charge on any atom is 0.224 e. The monoisotopic (exact) mass is 328 g/mol. The standard InChI is InChI=1S/C19H28N4O/c1-12(2)18-20-8-7-14(21-18)9-23-10-15-16(11-23)17(15)19(24)22-13-5-3-4-6-13/h7-8,12-13,15-17H,3-6,9-11H2,1-2H3,(H,22,24)/t15-,16+,17?. The molecule has 1 unspecified atom stereocenters. The minimum absolute atomic E-state index is 0.276. The molecule has 3 aliphatic rings. The van der Waals surface area contributed by atoms with E-state index in [1.807, 2.05) is 12.3 Å². The molecule has 5 nitrogen and oxygen atoms in total. The third kappa shape index (κ3) is 3.18. The SMILES string of the molecule is CC(C)c1nccc(CN2C[C@@H]3C(C(=O)NC4CCCC4)[C@@H]3C2)n1. The Balaban J connectivity index is 1.27. The van der Waals surface area contributed by atoms with Gasteiger partial charge in [-0.2, -0.15) is 0 Å². The first-order valence-electron chi connectivity index (χ1n) is 9.46. The molecule has 5 heteroatoms. The van der Waals surface area contributed by atoms with Gasteiger partial charge in [-0.15, -0.1) is 0 Å². The van der Waals surface area contributed by atoms with Gasteiger partial charge in [-0.05, 0) is 30.7 Å². The molecule has 3 fully saturated rings. The van der Waals surface area contributed by atoms with Gasteiger partial charge in [0.1, 0.15) is 5.82 Å². The first kappa shape index (κ1) is 16.0. The lowest BCUT2D eigenvalue weighted by Gasteiger charge is -2.20. The number of likely N-dealkylation sites (tertiary alicyclic amines) is 1. The summed E-state index contributed by atoms with van der Waals surface area (Å²) in [5.74, 6) is 3.01. The number of piperidine rings is 1. The Morgan fingerprint density at radius 1 is 1.29 bits per heavy atom. The van der Waals surface area contributed by atoms with E-state index in [4.69, 9.17) is 0 Å². The van der Waals surface area contributed by atoms with Crippen LogP contribution >= 0.6 is 0 Å². The predicted octanol–water partition coefficient (Wildman–Crippen LogP) is 2.34. The van der Waals surface area contributed by atoms with Gasteiger partial charge in [-0.3, -0.25) is 9.69 Å². The molecule has 2 saturated carbocycles. The molecule has 2 aliphatic carbocycles. The van der Waals surface area contributed by atoms with Crippen molar-refractivity contribution in [2.45, 2.75) is 58.0 Å². The van der Waals surface area contributed by atoms with Gasteiger partial charge >= 0.3 is 0 Å². The molecule has 1 aliphatic heterocycles. The number of hydrogen-bond donors (Lipinski definition) is 1. The van der Waals surface area contributed by atoms with Crippen LogP contribution in [-0.2, 0) is 11.3 Å². The minimum atomic E-state index is 0.276. The number of hydrogen-bond acceptors (Lipinski definition) is 4. The summed E-state index contributed by atoms with van der Waals surface area (Å²) in [6.07, 6.45) is 6.76. The first-order chi connectivity index (χ1) is 11.6. The van der Waals surface area contributed by atoms with Crippen molar-refractivity contribution in [3.63, 3.8) is 0 Å². The molecule has 2 heterocycles. The number of rotatable bonds is 5. The van der Waals surface area contributed by atoms with Crippen LogP contribution in [0.5, 0.6) is 0 Å². The molecule has 0 radical (unpaired) electrons. The third-order valence-corrected chi connectivity index (χ3v) is 5.91. The zero-order chi connectivity index (χ0) is 16.7. The Labute approximate surface area is 144 Å². The van der Waals surface area contributed by atoms with E-state index >= 15 is 0 Å². The number of aromatic nitrogens is 2. The minimum Gasteiger partial charge on any atom is -0.353 e. The number of nitrogens with one attached hydrogen (secondary N) is 1. The normalized spacial score (nSPS) is 29.9.